The molecule has 2 heterocycles. The molecule has 16 heavy (non-hydrogen) atoms. The lowest BCUT2D eigenvalue weighted by molar-refractivity contribution is 0.218. The van der Waals surface area contributed by atoms with Crippen molar-refractivity contribution in [3.05, 3.63) is 17.5 Å². The number of hydrogen-bond acceptors (Lipinski definition) is 3. The van der Waals surface area contributed by atoms with Crippen molar-refractivity contribution in [3.8, 4) is 0 Å². The average molecular weight is 222 g/mol. The molecule has 0 aromatic carbocycles. The van der Waals surface area contributed by atoms with Gasteiger partial charge in [-0.1, -0.05) is 20.8 Å². The maximum atomic E-state index is 5.59. The highest BCUT2D eigenvalue weighted by Gasteiger charge is 2.23. The minimum atomic E-state index is 0.142. The van der Waals surface area contributed by atoms with E-state index in [1.165, 1.54) is 11.4 Å². The molecule has 0 radical (unpaired) electrons. The lowest BCUT2D eigenvalue weighted by atomic mass is 9.92. The van der Waals surface area contributed by atoms with Crippen molar-refractivity contribution < 1.29 is 0 Å². The fourth-order valence-electron chi connectivity index (χ4n) is 2.06. The van der Waals surface area contributed by atoms with Crippen LogP contribution in [0.4, 0.5) is 0 Å². The number of nitrogens with two attached hydrogens (primary N) is 1. The number of nitrogens with zero attached hydrogens (tertiary/aromatic N) is 3. The smallest absolute Gasteiger partial charge is 0.0681 e. The second-order valence-corrected chi connectivity index (χ2v) is 5.56. The maximum absolute atomic E-state index is 5.59. The van der Waals surface area contributed by atoms with Crippen molar-refractivity contribution in [2.45, 2.75) is 39.3 Å². The Labute approximate surface area is 97.4 Å². The van der Waals surface area contributed by atoms with Gasteiger partial charge in [0, 0.05) is 31.6 Å². The summed E-state index contributed by atoms with van der Waals surface area (Å²) in [6, 6.07) is 2.24. The normalized spacial score (nSPS) is 17.5. The zero-order valence-electron chi connectivity index (χ0n) is 10.5. The average Bonchev–Trinajstić information content (AvgIpc) is 2.60. The molecular formula is C12H22N4. The summed E-state index contributed by atoms with van der Waals surface area (Å²) in [6.45, 7) is 11.4. The second-order valence-electron chi connectivity index (χ2n) is 5.56. The summed E-state index contributed by atoms with van der Waals surface area (Å²) in [5, 5.41) is 4.68. The van der Waals surface area contributed by atoms with Crippen LogP contribution in [-0.2, 0) is 18.5 Å². The highest BCUT2D eigenvalue weighted by Crippen LogP contribution is 2.23. The van der Waals surface area contributed by atoms with E-state index in [9.17, 15) is 0 Å². The van der Waals surface area contributed by atoms with Crippen molar-refractivity contribution in [2.75, 3.05) is 19.6 Å². The zero-order valence-corrected chi connectivity index (χ0v) is 10.5. The Morgan fingerprint density at radius 1 is 1.38 bits per heavy atom. The summed E-state index contributed by atoms with van der Waals surface area (Å²) in [4.78, 5) is 2.39. The van der Waals surface area contributed by atoms with Crippen LogP contribution in [0.25, 0.3) is 0 Å². The number of aromatic nitrogens is 2. The molecule has 0 unspecified atom stereocenters. The van der Waals surface area contributed by atoms with Crippen LogP contribution in [0.5, 0.6) is 0 Å². The molecule has 0 bridgehead atoms. The zero-order chi connectivity index (χ0) is 11.8. The summed E-state index contributed by atoms with van der Waals surface area (Å²) < 4.78 is 2.15. The van der Waals surface area contributed by atoms with Crippen LogP contribution < -0.4 is 5.73 Å². The van der Waals surface area contributed by atoms with Gasteiger partial charge in [-0.25, -0.2) is 0 Å². The number of rotatable bonds is 2. The lowest BCUT2D eigenvalue weighted by Gasteiger charge is -2.26. The summed E-state index contributed by atoms with van der Waals surface area (Å²) in [5.41, 5.74) is 8.25. The van der Waals surface area contributed by atoms with Gasteiger partial charge in [0.25, 0.3) is 0 Å². The quantitative estimate of drug-likeness (QED) is 0.810. The highest BCUT2D eigenvalue weighted by molar-refractivity contribution is 5.18. The van der Waals surface area contributed by atoms with Gasteiger partial charge in [0.05, 0.1) is 17.9 Å². The van der Waals surface area contributed by atoms with Crippen LogP contribution in [-0.4, -0.2) is 34.3 Å². The monoisotopic (exact) mass is 222 g/mol. The molecule has 4 heteroatoms. The molecule has 1 aromatic heterocycles. The summed E-state index contributed by atoms with van der Waals surface area (Å²) >= 11 is 0. The van der Waals surface area contributed by atoms with E-state index in [1.807, 2.05) is 0 Å². The SMILES string of the molecule is CC(C)(C)c1cc2n(n1)CCN(CCN)C2. The molecule has 0 aliphatic carbocycles. The van der Waals surface area contributed by atoms with E-state index in [-0.39, 0.29) is 5.41 Å². The minimum absolute atomic E-state index is 0.142. The van der Waals surface area contributed by atoms with Crippen LogP contribution in [0.2, 0.25) is 0 Å². The third-order valence-electron chi connectivity index (χ3n) is 3.09. The van der Waals surface area contributed by atoms with Crippen LogP contribution in [0.15, 0.2) is 6.07 Å². The van der Waals surface area contributed by atoms with Gasteiger partial charge in [0.1, 0.15) is 0 Å². The van der Waals surface area contributed by atoms with E-state index in [2.05, 4.69) is 41.5 Å². The summed E-state index contributed by atoms with van der Waals surface area (Å²) in [6.07, 6.45) is 0. The molecule has 90 valence electrons. The number of hydrogen-bond donors (Lipinski definition) is 1. The first-order valence-corrected chi connectivity index (χ1v) is 6.00. The molecule has 0 atom stereocenters. The van der Waals surface area contributed by atoms with E-state index in [0.29, 0.717) is 0 Å². The van der Waals surface area contributed by atoms with Gasteiger partial charge in [0.2, 0.25) is 0 Å². The fraction of sp³-hybridized carbons (Fsp3) is 0.750. The van der Waals surface area contributed by atoms with Crippen molar-refractivity contribution >= 4 is 0 Å². The van der Waals surface area contributed by atoms with Crippen molar-refractivity contribution in [3.63, 3.8) is 0 Å². The van der Waals surface area contributed by atoms with E-state index < -0.39 is 0 Å². The third-order valence-corrected chi connectivity index (χ3v) is 3.09. The Hall–Kier alpha value is -0.870. The maximum Gasteiger partial charge on any atom is 0.0681 e. The molecule has 2 N–H and O–H groups in total. The van der Waals surface area contributed by atoms with Crippen LogP contribution in [0.1, 0.15) is 32.2 Å². The van der Waals surface area contributed by atoms with Crippen LogP contribution in [0.3, 0.4) is 0 Å². The van der Waals surface area contributed by atoms with E-state index in [0.717, 1.165) is 32.7 Å². The van der Waals surface area contributed by atoms with Gasteiger partial charge < -0.3 is 5.73 Å². The minimum Gasteiger partial charge on any atom is -0.329 e. The highest BCUT2D eigenvalue weighted by atomic mass is 15.3. The van der Waals surface area contributed by atoms with Gasteiger partial charge in [-0.05, 0) is 6.07 Å². The Morgan fingerprint density at radius 2 is 2.12 bits per heavy atom. The van der Waals surface area contributed by atoms with Gasteiger partial charge in [-0.2, -0.15) is 5.10 Å². The molecular weight excluding hydrogens is 200 g/mol. The Balaban J connectivity index is 2.17. The van der Waals surface area contributed by atoms with Crippen molar-refractivity contribution in [1.29, 1.82) is 0 Å². The van der Waals surface area contributed by atoms with Gasteiger partial charge in [0.15, 0.2) is 0 Å². The predicted molar refractivity (Wildman–Crippen MR) is 65.3 cm³/mol. The molecule has 0 saturated carbocycles. The fourth-order valence-corrected chi connectivity index (χ4v) is 2.06. The van der Waals surface area contributed by atoms with E-state index in [1.54, 1.807) is 0 Å². The molecule has 0 amide bonds. The Morgan fingerprint density at radius 3 is 2.75 bits per heavy atom. The topological polar surface area (TPSA) is 47.1 Å². The molecule has 0 fully saturated rings. The van der Waals surface area contributed by atoms with E-state index >= 15 is 0 Å². The van der Waals surface area contributed by atoms with Gasteiger partial charge in [-0.3, -0.25) is 9.58 Å². The molecule has 1 aromatic rings. The first-order valence-electron chi connectivity index (χ1n) is 6.00. The molecule has 0 spiro atoms. The van der Waals surface area contributed by atoms with Crippen LogP contribution >= 0.6 is 0 Å². The van der Waals surface area contributed by atoms with E-state index in [4.69, 9.17) is 5.73 Å². The molecule has 2 rings (SSSR count). The first kappa shape index (κ1) is 11.6. The Bertz CT molecular complexity index is 362. The molecule has 1 aliphatic rings. The summed E-state index contributed by atoms with van der Waals surface area (Å²) in [7, 11) is 0. The number of fused-ring (bicyclic) bond motifs is 1. The Kier molecular flexibility index (Phi) is 3.04. The van der Waals surface area contributed by atoms with Crippen LogP contribution in [0, 0.1) is 0 Å². The summed E-state index contributed by atoms with van der Waals surface area (Å²) in [5.74, 6) is 0. The van der Waals surface area contributed by atoms with Gasteiger partial charge in [-0.15, -0.1) is 0 Å². The lowest BCUT2D eigenvalue weighted by Crippen LogP contribution is -2.36. The van der Waals surface area contributed by atoms with Crippen molar-refractivity contribution in [1.82, 2.24) is 14.7 Å². The largest absolute Gasteiger partial charge is 0.329 e. The first-order chi connectivity index (χ1) is 7.50. The third kappa shape index (κ3) is 2.28. The standard InChI is InChI=1S/C12H22N4/c1-12(2,3)11-8-10-9-15(5-4-13)6-7-16(10)14-11/h8H,4-7,9,13H2,1-3H3. The predicted octanol–water partition coefficient (Wildman–Crippen LogP) is 0.955. The van der Waals surface area contributed by atoms with Gasteiger partial charge >= 0.3 is 0 Å². The van der Waals surface area contributed by atoms with Crippen molar-refractivity contribution in [2.24, 2.45) is 5.73 Å². The molecule has 4 nitrogen and oxygen atoms in total. The molecule has 0 saturated heterocycles. The molecule has 1 aliphatic heterocycles. The second kappa shape index (κ2) is 4.18.